The van der Waals surface area contributed by atoms with Crippen LogP contribution in [0.5, 0.6) is 0 Å². The molecule has 0 rings (SSSR count). The van der Waals surface area contributed by atoms with Crippen molar-refractivity contribution in [2.24, 2.45) is 10.8 Å². The quantitative estimate of drug-likeness (QED) is 0.346. The molecule has 0 bridgehead atoms. The SMILES string of the molecule is CCCCCCCCCC(C(=O)[O-])(C(=O)[O-])C(C)(C)C.[Mg+2]. The summed E-state index contributed by atoms with van der Waals surface area (Å²) in [5, 5.41) is 22.8. The first-order valence-corrected chi connectivity index (χ1v) is 7.63. The van der Waals surface area contributed by atoms with E-state index in [1.807, 2.05) is 0 Å². The number of carbonyl (C=O) groups excluding carboxylic acids is 2. The number of rotatable bonds is 10. The van der Waals surface area contributed by atoms with E-state index in [1.54, 1.807) is 20.8 Å². The Bertz CT molecular complexity index is 307. The van der Waals surface area contributed by atoms with Crippen LogP contribution < -0.4 is 10.2 Å². The monoisotopic (exact) mass is 308 g/mol. The Balaban J connectivity index is 0. The van der Waals surface area contributed by atoms with Gasteiger partial charge in [0.25, 0.3) is 0 Å². The van der Waals surface area contributed by atoms with Gasteiger partial charge in [-0.05, 0) is 11.8 Å². The molecule has 5 heteroatoms. The summed E-state index contributed by atoms with van der Waals surface area (Å²) in [5.74, 6) is -3.06. The molecule has 0 atom stereocenters. The number of unbranched alkanes of at least 4 members (excludes halogenated alkanes) is 6. The molecule has 0 saturated carbocycles. The smallest absolute Gasteiger partial charge is 0.549 e. The van der Waals surface area contributed by atoms with Crippen molar-refractivity contribution in [2.45, 2.75) is 79.1 Å². The van der Waals surface area contributed by atoms with Gasteiger partial charge in [-0.1, -0.05) is 72.6 Å². The number of hydrogen-bond acceptors (Lipinski definition) is 4. The zero-order chi connectivity index (χ0) is 15.8. The van der Waals surface area contributed by atoms with Gasteiger partial charge in [-0.15, -0.1) is 0 Å². The van der Waals surface area contributed by atoms with E-state index in [1.165, 1.54) is 19.3 Å². The fourth-order valence-corrected chi connectivity index (χ4v) is 2.62. The fraction of sp³-hybridized carbons (Fsp3) is 0.875. The standard InChI is InChI=1S/C16H30O4.Mg/c1-5-6-7-8-9-10-11-12-16(13(17)18,14(19)20)15(2,3)4;/h5-12H2,1-4H3,(H,17,18)(H,19,20);/q;+2/p-2. The van der Waals surface area contributed by atoms with E-state index in [4.69, 9.17) is 0 Å². The maximum atomic E-state index is 11.4. The summed E-state index contributed by atoms with van der Waals surface area (Å²) in [6, 6.07) is 0. The van der Waals surface area contributed by atoms with Gasteiger partial charge in [-0.25, -0.2) is 0 Å². The normalized spacial score (nSPS) is 11.8. The van der Waals surface area contributed by atoms with Crippen LogP contribution in [0.2, 0.25) is 0 Å². The Labute approximate surface area is 144 Å². The number of carboxylic acid groups (broad SMARTS) is 2. The van der Waals surface area contributed by atoms with Crippen LogP contribution in [0, 0.1) is 10.8 Å². The summed E-state index contributed by atoms with van der Waals surface area (Å²) < 4.78 is 0. The molecule has 0 aromatic rings. The molecule has 0 radical (unpaired) electrons. The third-order valence-corrected chi connectivity index (χ3v) is 4.13. The van der Waals surface area contributed by atoms with Crippen molar-refractivity contribution in [2.75, 3.05) is 0 Å². The minimum absolute atomic E-state index is 0. The van der Waals surface area contributed by atoms with Crippen molar-refractivity contribution in [3.05, 3.63) is 0 Å². The molecule has 0 fully saturated rings. The second kappa shape index (κ2) is 10.4. The van der Waals surface area contributed by atoms with E-state index >= 15 is 0 Å². The van der Waals surface area contributed by atoms with E-state index in [2.05, 4.69) is 6.92 Å². The van der Waals surface area contributed by atoms with Crippen LogP contribution in [0.1, 0.15) is 79.1 Å². The number of aliphatic carboxylic acids is 2. The molecule has 0 unspecified atom stereocenters. The van der Waals surface area contributed by atoms with E-state index in [9.17, 15) is 19.8 Å². The van der Waals surface area contributed by atoms with E-state index < -0.39 is 22.8 Å². The Morgan fingerprint density at radius 1 is 0.810 bits per heavy atom. The Hall–Kier alpha value is -0.294. The van der Waals surface area contributed by atoms with E-state index in [0.717, 1.165) is 19.3 Å². The van der Waals surface area contributed by atoms with E-state index in [-0.39, 0.29) is 29.5 Å². The molecule has 0 aliphatic rings. The minimum Gasteiger partial charge on any atom is -0.549 e. The molecule has 0 heterocycles. The van der Waals surface area contributed by atoms with Gasteiger partial charge >= 0.3 is 23.1 Å². The number of carbonyl (C=O) groups is 2. The number of carboxylic acids is 2. The molecule has 0 spiro atoms. The summed E-state index contributed by atoms with van der Waals surface area (Å²) in [5.41, 5.74) is -2.83. The van der Waals surface area contributed by atoms with Crippen LogP contribution in [0.3, 0.4) is 0 Å². The largest absolute Gasteiger partial charge is 2.00 e. The molecular weight excluding hydrogens is 280 g/mol. The molecule has 0 aromatic carbocycles. The summed E-state index contributed by atoms with van der Waals surface area (Å²) >= 11 is 0. The molecule has 0 N–H and O–H groups in total. The Morgan fingerprint density at radius 3 is 1.52 bits per heavy atom. The zero-order valence-electron chi connectivity index (χ0n) is 14.0. The third kappa shape index (κ3) is 6.55. The van der Waals surface area contributed by atoms with Crippen molar-refractivity contribution < 1.29 is 19.8 Å². The number of hydrogen-bond donors (Lipinski definition) is 0. The van der Waals surface area contributed by atoms with Crippen LogP contribution >= 0.6 is 0 Å². The van der Waals surface area contributed by atoms with Gasteiger partial charge < -0.3 is 19.8 Å². The Morgan fingerprint density at radius 2 is 1.19 bits per heavy atom. The molecule has 118 valence electrons. The first-order chi connectivity index (χ1) is 9.20. The molecule has 0 saturated heterocycles. The third-order valence-electron chi connectivity index (χ3n) is 4.13. The zero-order valence-corrected chi connectivity index (χ0v) is 15.4. The van der Waals surface area contributed by atoms with Gasteiger partial charge in [-0.3, -0.25) is 0 Å². The predicted molar refractivity (Wildman–Crippen MR) is 80.3 cm³/mol. The van der Waals surface area contributed by atoms with Gasteiger partial charge in [-0.2, -0.15) is 0 Å². The van der Waals surface area contributed by atoms with Crippen molar-refractivity contribution in [1.82, 2.24) is 0 Å². The van der Waals surface area contributed by atoms with Crippen molar-refractivity contribution in [3.63, 3.8) is 0 Å². The fourth-order valence-electron chi connectivity index (χ4n) is 2.62. The average molecular weight is 309 g/mol. The van der Waals surface area contributed by atoms with Gasteiger partial charge in [0.2, 0.25) is 0 Å². The summed E-state index contributed by atoms with van der Waals surface area (Å²) in [4.78, 5) is 22.8. The Kier molecular flexibility index (Phi) is 11.4. The topological polar surface area (TPSA) is 80.3 Å². The van der Waals surface area contributed by atoms with Crippen molar-refractivity contribution in [1.29, 1.82) is 0 Å². The maximum Gasteiger partial charge on any atom is 2.00 e. The molecule has 4 nitrogen and oxygen atoms in total. The summed E-state index contributed by atoms with van der Waals surface area (Å²) in [6.07, 6.45) is 7.21. The van der Waals surface area contributed by atoms with Crippen LogP contribution in [0.15, 0.2) is 0 Å². The summed E-state index contributed by atoms with van der Waals surface area (Å²) in [7, 11) is 0. The van der Waals surface area contributed by atoms with Gasteiger partial charge in [0, 0.05) is 0 Å². The minimum atomic E-state index is -1.91. The average Bonchev–Trinajstić information content (AvgIpc) is 2.30. The van der Waals surface area contributed by atoms with Crippen LogP contribution in [0.25, 0.3) is 0 Å². The predicted octanol–water partition coefficient (Wildman–Crippen LogP) is 1.28. The molecule has 0 amide bonds. The molecule has 0 aromatic heterocycles. The molecular formula is C16H28MgO4. The van der Waals surface area contributed by atoms with Gasteiger partial charge in [0.15, 0.2) is 0 Å². The van der Waals surface area contributed by atoms with Crippen molar-refractivity contribution in [3.8, 4) is 0 Å². The van der Waals surface area contributed by atoms with Crippen LogP contribution in [-0.4, -0.2) is 35.0 Å². The van der Waals surface area contributed by atoms with Gasteiger partial charge in [0.1, 0.15) is 0 Å². The molecule has 0 aliphatic heterocycles. The second-order valence-electron chi connectivity index (χ2n) is 6.60. The summed E-state index contributed by atoms with van der Waals surface area (Å²) in [6.45, 7) is 6.98. The van der Waals surface area contributed by atoms with Crippen LogP contribution in [0.4, 0.5) is 0 Å². The first kappa shape index (κ1) is 23.0. The molecule has 21 heavy (non-hydrogen) atoms. The van der Waals surface area contributed by atoms with Gasteiger partial charge in [0.05, 0.1) is 17.4 Å². The second-order valence-corrected chi connectivity index (χ2v) is 6.60. The van der Waals surface area contributed by atoms with Crippen molar-refractivity contribution >= 4 is 35.0 Å². The van der Waals surface area contributed by atoms with E-state index in [0.29, 0.717) is 6.42 Å². The molecule has 0 aliphatic carbocycles. The van der Waals surface area contributed by atoms with Crippen LogP contribution in [-0.2, 0) is 9.59 Å². The maximum absolute atomic E-state index is 11.4. The first-order valence-electron chi connectivity index (χ1n) is 7.63.